The van der Waals surface area contributed by atoms with Gasteiger partial charge in [0.15, 0.2) is 8.38 Å². The van der Waals surface area contributed by atoms with Gasteiger partial charge in [-0.25, -0.2) is 0 Å². The summed E-state index contributed by atoms with van der Waals surface area (Å²) in [6.07, 6.45) is 3.27. The Morgan fingerprint density at radius 3 is 1.53 bits per heavy atom. The van der Waals surface area contributed by atoms with Gasteiger partial charge in [0, 0.05) is 6.16 Å². The van der Waals surface area contributed by atoms with Crippen LogP contribution in [-0.4, -0.2) is 19.4 Å². The van der Waals surface area contributed by atoms with E-state index in [0.717, 1.165) is 44.1 Å². The molecule has 15 heavy (non-hydrogen) atoms. The van der Waals surface area contributed by atoms with Crippen molar-refractivity contribution in [2.75, 3.05) is 19.4 Å². The molecule has 0 amide bonds. The van der Waals surface area contributed by atoms with E-state index in [4.69, 9.17) is 9.05 Å². The van der Waals surface area contributed by atoms with Crippen LogP contribution in [0.2, 0.25) is 0 Å². The first kappa shape index (κ1) is 15.3. The van der Waals surface area contributed by atoms with Crippen molar-refractivity contribution in [1.29, 1.82) is 0 Å². The van der Waals surface area contributed by atoms with Crippen molar-refractivity contribution in [2.24, 2.45) is 11.8 Å². The summed E-state index contributed by atoms with van der Waals surface area (Å²) in [6, 6.07) is 0. The number of hydrogen-bond acceptors (Lipinski definition) is 2. The highest BCUT2D eigenvalue weighted by Crippen LogP contribution is 2.38. The Balaban J connectivity index is 3.46. The molecule has 0 aliphatic heterocycles. The van der Waals surface area contributed by atoms with Gasteiger partial charge in [0.25, 0.3) is 0 Å². The Labute approximate surface area is 96.7 Å². The largest absolute Gasteiger partial charge is 0.334 e. The molecule has 0 unspecified atom stereocenters. The van der Waals surface area contributed by atoms with Crippen molar-refractivity contribution in [2.45, 2.75) is 47.5 Å². The first-order chi connectivity index (χ1) is 7.06. The molecule has 0 fully saturated rings. The molecule has 0 rings (SSSR count). The van der Waals surface area contributed by atoms with E-state index < -0.39 is 8.38 Å². The molecule has 0 saturated heterocycles. The van der Waals surface area contributed by atoms with Crippen LogP contribution >= 0.6 is 8.38 Å². The van der Waals surface area contributed by atoms with E-state index in [-0.39, 0.29) is 0 Å². The van der Waals surface area contributed by atoms with Gasteiger partial charge in [-0.05, 0) is 24.7 Å². The van der Waals surface area contributed by atoms with Crippen LogP contribution < -0.4 is 0 Å². The minimum atomic E-state index is -0.620. The third-order valence-corrected chi connectivity index (χ3v) is 3.58. The maximum Gasteiger partial charge on any atom is 0.170 e. The third-order valence-electron chi connectivity index (χ3n) is 2.12. The quantitative estimate of drug-likeness (QED) is 0.549. The monoisotopic (exact) mass is 234 g/mol. The Morgan fingerprint density at radius 1 is 0.867 bits per heavy atom. The zero-order chi connectivity index (χ0) is 11.7. The van der Waals surface area contributed by atoms with Crippen molar-refractivity contribution in [3.63, 3.8) is 0 Å². The van der Waals surface area contributed by atoms with E-state index in [9.17, 15) is 0 Å². The van der Waals surface area contributed by atoms with E-state index in [0.29, 0.717) is 0 Å². The predicted molar refractivity (Wildman–Crippen MR) is 68.3 cm³/mol. The molecule has 0 radical (unpaired) electrons. The molecule has 3 heteroatoms. The molecule has 92 valence electrons. The highest BCUT2D eigenvalue weighted by molar-refractivity contribution is 7.47. The number of hydrogen-bond donors (Lipinski definition) is 0. The first-order valence-electron chi connectivity index (χ1n) is 6.09. The SMILES string of the molecule is CCP(OCCC(C)C)OCCC(C)C. The van der Waals surface area contributed by atoms with Crippen molar-refractivity contribution in [3.05, 3.63) is 0 Å². The molecule has 0 aromatic heterocycles. The minimum absolute atomic E-state index is 0.620. The lowest BCUT2D eigenvalue weighted by molar-refractivity contribution is 0.229. The fourth-order valence-corrected chi connectivity index (χ4v) is 2.06. The van der Waals surface area contributed by atoms with Gasteiger partial charge in [-0.1, -0.05) is 34.6 Å². The summed E-state index contributed by atoms with van der Waals surface area (Å²) in [7, 11) is -0.620. The van der Waals surface area contributed by atoms with Crippen molar-refractivity contribution < 1.29 is 9.05 Å². The van der Waals surface area contributed by atoms with Gasteiger partial charge in [-0.2, -0.15) is 0 Å². The summed E-state index contributed by atoms with van der Waals surface area (Å²) in [4.78, 5) is 0. The lowest BCUT2D eigenvalue weighted by Gasteiger charge is -2.17. The second-order valence-electron chi connectivity index (χ2n) is 4.68. The van der Waals surface area contributed by atoms with Crippen molar-refractivity contribution in [3.8, 4) is 0 Å². The van der Waals surface area contributed by atoms with Crippen LogP contribution in [0.15, 0.2) is 0 Å². The first-order valence-corrected chi connectivity index (χ1v) is 7.45. The van der Waals surface area contributed by atoms with E-state index in [1.54, 1.807) is 0 Å². The van der Waals surface area contributed by atoms with Gasteiger partial charge in [0.1, 0.15) is 0 Å². The molecule has 0 aromatic rings. The van der Waals surface area contributed by atoms with Crippen LogP contribution in [0.3, 0.4) is 0 Å². The van der Waals surface area contributed by atoms with E-state index in [1.807, 2.05) is 0 Å². The summed E-state index contributed by atoms with van der Waals surface area (Å²) in [5, 5.41) is 0. The molecule has 0 N–H and O–H groups in total. The zero-order valence-electron chi connectivity index (χ0n) is 11.0. The summed E-state index contributed by atoms with van der Waals surface area (Å²) in [5.74, 6) is 1.43. The Morgan fingerprint density at radius 2 is 1.27 bits per heavy atom. The van der Waals surface area contributed by atoms with Gasteiger partial charge in [0.2, 0.25) is 0 Å². The summed E-state index contributed by atoms with van der Waals surface area (Å²) in [5.41, 5.74) is 0. The maximum atomic E-state index is 5.73. The molecule has 0 spiro atoms. The highest BCUT2D eigenvalue weighted by Gasteiger charge is 2.08. The second kappa shape index (κ2) is 9.57. The maximum absolute atomic E-state index is 5.73. The zero-order valence-corrected chi connectivity index (χ0v) is 11.8. The third kappa shape index (κ3) is 10.6. The Kier molecular flexibility index (Phi) is 9.79. The van der Waals surface area contributed by atoms with E-state index in [2.05, 4.69) is 34.6 Å². The lowest BCUT2D eigenvalue weighted by atomic mass is 10.2. The van der Waals surface area contributed by atoms with E-state index >= 15 is 0 Å². The molecule has 2 nitrogen and oxygen atoms in total. The second-order valence-corrected chi connectivity index (χ2v) is 6.49. The Bertz CT molecular complexity index is 124. The molecule has 0 aliphatic rings. The topological polar surface area (TPSA) is 18.5 Å². The normalized spacial score (nSPS) is 12.0. The fourth-order valence-electron chi connectivity index (χ4n) is 1.00. The average molecular weight is 234 g/mol. The van der Waals surface area contributed by atoms with Crippen LogP contribution in [0, 0.1) is 11.8 Å². The predicted octanol–water partition coefficient (Wildman–Crippen LogP) is 4.44. The van der Waals surface area contributed by atoms with Gasteiger partial charge < -0.3 is 9.05 Å². The Hall–Kier alpha value is 0.350. The van der Waals surface area contributed by atoms with Crippen LogP contribution in [0.5, 0.6) is 0 Å². The van der Waals surface area contributed by atoms with E-state index in [1.165, 1.54) is 0 Å². The average Bonchev–Trinajstić information content (AvgIpc) is 2.14. The standard InChI is InChI=1S/C12H27O2P/c1-6-15(13-9-7-11(2)3)14-10-8-12(4)5/h11-12H,6-10H2,1-5H3. The summed E-state index contributed by atoms with van der Waals surface area (Å²) < 4.78 is 11.5. The fraction of sp³-hybridized carbons (Fsp3) is 1.00. The van der Waals surface area contributed by atoms with Gasteiger partial charge >= 0.3 is 0 Å². The molecular formula is C12H27O2P. The van der Waals surface area contributed by atoms with Crippen molar-refractivity contribution >= 4 is 8.38 Å². The molecule has 0 heterocycles. The molecule has 0 bridgehead atoms. The lowest BCUT2D eigenvalue weighted by Crippen LogP contribution is -2.01. The molecular weight excluding hydrogens is 207 g/mol. The number of rotatable bonds is 9. The van der Waals surface area contributed by atoms with Crippen LogP contribution in [0.4, 0.5) is 0 Å². The van der Waals surface area contributed by atoms with Crippen LogP contribution in [0.1, 0.15) is 47.5 Å². The van der Waals surface area contributed by atoms with Crippen LogP contribution in [0.25, 0.3) is 0 Å². The molecule has 0 atom stereocenters. The molecule has 0 saturated carbocycles. The smallest absolute Gasteiger partial charge is 0.170 e. The summed E-state index contributed by atoms with van der Waals surface area (Å²) >= 11 is 0. The van der Waals surface area contributed by atoms with Crippen molar-refractivity contribution in [1.82, 2.24) is 0 Å². The molecule has 0 aliphatic carbocycles. The minimum Gasteiger partial charge on any atom is -0.334 e. The molecule has 0 aromatic carbocycles. The van der Waals surface area contributed by atoms with Gasteiger partial charge in [0.05, 0.1) is 13.2 Å². The van der Waals surface area contributed by atoms with Gasteiger partial charge in [-0.3, -0.25) is 0 Å². The summed E-state index contributed by atoms with van der Waals surface area (Å²) in [6.45, 7) is 12.7. The van der Waals surface area contributed by atoms with Gasteiger partial charge in [-0.15, -0.1) is 0 Å². The van der Waals surface area contributed by atoms with Crippen LogP contribution in [-0.2, 0) is 9.05 Å². The highest BCUT2D eigenvalue weighted by atomic mass is 31.2.